The fraction of sp³-hybridized carbons (Fsp3) is 0.154. The molecule has 19 heavy (non-hydrogen) atoms. The first-order chi connectivity index (χ1) is 9.15. The first-order valence-electron chi connectivity index (χ1n) is 5.77. The zero-order valence-corrected chi connectivity index (χ0v) is 11.1. The number of aromatic nitrogens is 3. The highest BCUT2D eigenvalue weighted by molar-refractivity contribution is 7.14. The Kier molecular flexibility index (Phi) is 2.79. The van der Waals surface area contributed by atoms with Gasteiger partial charge in [-0.05, 0) is 25.1 Å². The average Bonchev–Trinajstić information content (AvgIpc) is 3.01. The zero-order chi connectivity index (χ0) is 13.4. The Morgan fingerprint density at radius 2 is 2.16 bits per heavy atom. The van der Waals surface area contributed by atoms with Crippen molar-refractivity contribution >= 4 is 22.6 Å². The van der Waals surface area contributed by atoms with Crippen LogP contribution in [0, 0.1) is 6.92 Å². The minimum absolute atomic E-state index is 0.0518. The summed E-state index contributed by atoms with van der Waals surface area (Å²) in [7, 11) is 0. The van der Waals surface area contributed by atoms with E-state index in [1.54, 1.807) is 30.7 Å². The third-order valence-corrected chi connectivity index (χ3v) is 3.91. The number of carbonyl (C=O) groups excluding carboxylic acids is 1. The lowest BCUT2D eigenvalue weighted by atomic mass is 10.3. The molecule has 0 unspecified atom stereocenters. The SMILES string of the molecule is Cc1ccc(C(=O)Cn2ccn3nccc3c2=O)s1. The quantitative estimate of drug-likeness (QED) is 0.683. The summed E-state index contributed by atoms with van der Waals surface area (Å²) >= 11 is 1.44. The summed E-state index contributed by atoms with van der Waals surface area (Å²) < 4.78 is 2.91. The molecule has 6 heteroatoms. The predicted molar refractivity (Wildman–Crippen MR) is 72.8 cm³/mol. The van der Waals surface area contributed by atoms with Crippen molar-refractivity contribution in [3.8, 4) is 0 Å². The van der Waals surface area contributed by atoms with Crippen LogP contribution in [0.4, 0.5) is 0 Å². The molecule has 3 aromatic heterocycles. The number of hydrogen-bond donors (Lipinski definition) is 0. The number of carbonyl (C=O) groups is 1. The lowest BCUT2D eigenvalue weighted by Gasteiger charge is -2.04. The van der Waals surface area contributed by atoms with Gasteiger partial charge in [-0.25, -0.2) is 4.52 Å². The van der Waals surface area contributed by atoms with Crippen molar-refractivity contribution in [2.24, 2.45) is 0 Å². The van der Waals surface area contributed by atoms with Gasteiger partial charge < -0.3 is 4.57 Å². The van der Waals surface area contributed by atoms with E-state index in [1.807, 2.05) is 13.0 Å². The zero-order valence-electron chi connectivity index (χ0n) is 10.2. The largest absolute Gasteiger partial charge is 0.304 e. The van der Waals surface area contributed by atoms with Crippen LogP contribution in [0.5, 0.6) is 0 Å². The number of thiophene rings is 1. The fourth-order valence-electron chi connectivity index (χ4n) is 1.90. The summed E-state index contributed by atoms with van der Waals surface area (Å²) in [6.07, 6.45) is 4.82. The van der Waals surface area contributed by atoms with Gasteiger partial charge in [-0.1, -0.05) is 0 Å². The second-order valence-corrected chi connectivity index (χ2v) is 5.51. The Hall–Kier alpha value is -2.21. The molecule has 0 N–H and O–H groups in total. The van der Waals surface area contributed by atoms with Crippen LogP contribution < -0.4 is 5.56 Å². The van der Waals surface area contributed by atoms with Crippen molar-refractivity contribution < 1.29 is 4.79 Å². The molecule has 0 amide bonds. The standard InChI is InChI=1S/C13H11N3O2S/c1-9-2-3-12(19-9)11(17)8-15-6-7-16-10(13(15)18)4-5-14-16/h2-7H,8H2,1H3. The van der Waals surface area contributed by atoms with Gasteiger partial charge in [-0.3, -0.25) is 9.59 Å². The molecule has 3 rings (SSSR count). The van der Waals surface area contributed by atoms with Crippen LogP contribution in [0.3, 0.4) is 0 Å². The molecule has 0 saturated carbocycles. The molecule has 3 heterocycles. The van der Waals surface area contributed by atoms with Gasteiger partial charge in [0.05, 0.1) is 17.6 Å². The second-order valence-electron chi connectivity index (χ2n) is 4.23. The normalized spacial score (nSPS) is 11.0. The van der Waals surface area contributed by atoms with E-state index in [0.717, 1.165) is 4.88 Å². The number of ketones is 1. The third kappa shape index (κ3) is 2.10. The number of hydrogen-bond acceptors (Lipinski definition) is 4. The summed E-state index contributed by atoms with van der Waals surface area (Å²) in [5.74, 6) is -0.0518. The van der Waals surface area contributed by atoms with Crippen molar-refractivity contribution in [1.29, 1.82) is 0 Å². The summed E-state index contributed by atoms with van der Waals surface area (Å²) in [5, 5.41) is 3.98. The molecular formula is C13H11N3O2S. The Morgan fingerprint density at radius 3 is 2.89 bits per heavy atom. The van der Waals surface area contributed by atoms with Crippen LogP contribution in [-0.4, -0.2) is 20.0 Å². The number of aryl methyl sites for hydroxylation is 1. The van der Waals surface area contributed by atoms with E-state index in [-0.39, 0.29) is 17.9 Å². The molecular weight excluding hydrogens is 262 g/mol. The first kappa shape index (κ1) is 11.9. The fourth-order valence-corrected chi connectivity index (χ4v) is 2.70. The molecule has 0 radical (unpaired) electrons. The monoisotopic (exact) mass is 273 g/mol. The van der Waals surface area contributed by atoms with Gasteiger partial charge in [-0.2, -0.15) is 5.10 Å². The predicted octanol–water partition coefficient (Wildman–Crippen LogP) is 1.75. The summed E-state index contributed by atoms with van der Waals surface area (Å²) in [6, 6.07) is 5.34. The lowest BCUT2D eigenvalue weighted by molar-refractivity contribution is 0.0975. The van der Waals surface area contributed by atoms with Gasteiger partial charge in [0, 0.05) is 17.3 Å². The highest BCUT2D eigenvalue weighted by Crippen LogP contribution is 2.16. The summed E-state index contributed by atoms with van der Waals surface area (Å²) in [5.41, 5.74) is 0.263. The highest BCUT2D eigenvalue weighted by Gasteiger charge is 2.11. The summed E-state index contributed by atoms with van der Waals surface area (Å²) in [4.78, 5) is 26.0. The molecule has 0 saturated heterocycles. The highest BCUT2D eigenvalue weighted by atomic mass is 32.1. The van der Waals surface area contributed by atoms with E-state index in [4.69, 9.17) is 0 Å². The topological polar surface area (TPSA) is 56.4 Å². The van der Waals surface area contributed by atoms with E-state index in [1.165, 1.54) is 20.4 Å². The Labute approximate surface area is 112 Å². The van der Waals surface area contributed by atoms with Gasteiger partial charge in [0.2, 0.25) is 0 Å². The Bertz CT molecular complexity index is 813. The van der Waals surface area contributed by atoms with Crippen molar-refractivity contribution in [2.75, 3.05) is 0 Å². The molecule has 0 spiro atoms. The smallest absolute Gasteiger partial charge is 0.276 e. The molecule has 0 aromatic carbocycles. The molecule has 5 nitrogen and oxygen atoms in total. The number of rotatable bonds is 3. The van der Waals surface area contributed by atoms with E-state index in [9.17, 15) is 9.59 Å². The average molecular weight is 273 g/mol. The van der Waals surface area contributed by atoms with Gasteiger partial charge >= 0.3 is 0 Å². The van der Waals surface area contributed by atoms with E-state index in [0.29, 0.717) is 10.4 Å². The van der Waals surface area contributed by atoms with Gasteiger partial charge in [0.1, 0.15) is 5.52 Å². The third-order valence-electron chi connectivity index (χ3n) is 2.87. The van der Waals surface area contributed by atoms with E-state index in [2.05, 4.69) is 5.10 Å². The van der Waals surface area contributed by atoms with Crippen LogP contribution in [0.25, 0.3) is 5.52 Å². The number of nitrogens with zero attached hydrogens (tertiary/aromatic N) is 3. The van der Waals surface area contributed by atoms with Crippen molar-refractivity contribution in [1.82, 2.24) is 14.2 Å². The molecule has 96 valence electrons. The second kappa shape index (κ2) is 4.47. The van der Waals surface area contributed by atoms with E-state index < -0.39 is 0 Å². The Balaban J connectivity index is 1.95. The van der Waals surface area contributed by atoms with Crippen molar-refractivity contribution in [3.05, 3.63) is 56.9 Å². The van der Waals surface area contributed by atoms with Gasteiger partial charge in [0.15, 0.2) is 5.78 Å². The maximum absolute atomic E-state index is 12.1. The summed E-state index contributed by atoms with van der Waals surface area (Å²) in [6.45, 7) is 2.01. The van der Waals surface area contributed by atoms with Gasteiger partial charge in [-0.15, -0.1) is 11.3 Å². The lowest BCUT2D eigenvalue weighted by Crippen LogP contribution is -2.24. The van der Waals surface area contributed by atoms with Crippen LogP contribution in [0.2, 0.25) is 0 Å². The van der Waals surface area contributed by atoms with Crippen molar-refractivity contribution in [2.45, 2.75) is 13.5 Å². The molecule has 0 aliphatic carbocycles. The molecule has 0 fully saturated rings. The van der Waals surface area contributed by atoms with Crippen LogP contribution in [0.1, 0.15) is 14.5 Å². The maximum atomic E-state index is 12.1. The Morgan fingerprint density at radius 1 is 1.32 bits per heavy atom. The maximum Gasteiger partial charge on any atom is 0.276 e. The molecule has 0 bridgehead atoms. The molecule has 3 aromatic rings. The minimum Gasteiger partial charge on any atom is -0.304 e. The number of fused-ring (bicyclic) bond motifs is 1. The number of Topliss-reactive ketones (excluding diaryl/α,β-unsaturated/α-hetero) is 1. The first-order valence-corrected chi connectivity index (χ1v) is 6.59. The van der Waals surface area contributed by atoms with Crippen LogP contribution in [-0.2, 0) is 6.54 Å². The molecule has 0 aliphatic rings. The van der Waals surface area contributed by atoms with E-state index >= 15 is 0 Å². The van der Waals surface area contributed by atoms with Crippen molar-refractivity contribution in [3.63, 3.8) is 0 Å². The van der Waals surface area contributed by atoms with Crippen LogP contribution >= 0.6 is 11.3 Å². The van der Waals surface area contributed by atoms with Gasteiger partial charge in [0.25, 0.3) is 5.56 Å². The minimum atomic E-state index is -0.207. The van der Waals surface area contributed by atoms with Crippen LogP contribution in [0.15, 0.2) is 41.6 Å². The molecule has 0 atom stereocenters. The molecule has 0 aliphatic heterocycles.